The largest absolute Gasteiger partial charge is 0.416 e. The number of benzene rings is 3. The third kappa shape index (κ3) is 5.57. The molecule has 4 aromatic rings. The van der Waals surface area contributed by atoms with Gasteiger partial charge in [-0.25, -0.2) is 0 Å². The molecule has 0 spiro atoms. The van der Waals surface area contributed by atoms with Crippen molar-refractivity contribution in [2.24, 2.45) is 0 Å². The number of hydrogen-bond acceptors (Lipinski definition) is 1. The van der Waals surface area contributed by atoms with Crippen molar-refractivity contribution in [3.63, 3.8) is 0 Å². The van der Waals surface area contributed by atoms with Crippen molar-refractivity contribution >= 4 is 5.91 Å². The van der Waals surface area contributed by atoms with Crippen LogP contribution in [0, 0.1) is 6.92 Å². The number of aromatic nitrogens is 1. The number of nitrogens with zero attached hydrogens (tertiary/aromatic N) is 2. The summed E-state index contributed by atoms with van der Waals surface area (Å²) in [6, 6.07) is 26.0. The van der Waals surface area contributed by atoms with Gasteiger partial charge in [-0.3, -0.25) is 4.79 Å². The molecule has 4 rings (SSSR count). The van der Waals surface area contributed by atoms with E-state index in [-0.39, 0.29) is 11.5 Å². The number of alkyl halides is 3. The molecule has 0 aliphatic rings. The Kier molecular flexibility index (Phi) is 6.87. The van der Waals surface area contributed by atoms with Crippen molar-refractivity contribution in [1.29, 1.82) is 0 Å². The van der Waals surface area contributed by atoms with Gasteiger partial charge >= 0.3 is 6.18 Å². The average Bonchev–Trinajstić information content (AvgIpc) is 3.26. The van der Waals surface area contributed by atoms with Crippen molar-refractivity contribution in [1.82, 2.24) is 9.47 Å². The zero-order chi connectivity index (χ0) is 24.1. The van der Waals surface area contributed by atoms with E-state index >= 15 is 0 Å². The van der Waals surface area contributed by atoms with Crippen LogP contribution in [0.4, 0.5) is 13.2 Å². The smallest absolute Gasteiger partial charge is 0.345 e. The fraction of sp³-hybridized carbons (Fsp3) is 0.179. The number of aryl methyl sites for hydroxylation is 1. The van der Waals surface area contributed by atoms with Gasteiger partial charge in [-0.2, -0.15) is 13.2 Å². The maximum atomic E-state index is 13.4. The van der Waals surface area contributed by atoms with Gasteiger partial charge in [-0.15, -0.1) is 0 Å². The van der Waals surface area contributed by atoms with Gasteiger partial charge in [0.1, 0.15) is 0 Å². The highest BCUT2D eigenvalue weighted by Gasteiger charge is 2.30. The maximum absolute atomic E-state index is 13.4. The molecule has 0 unspecified atom stereocenters. The van der Waals surface area contributed by atoms with E-state index in [4.69, 9.17) is 0 Å². The van der Waals surface area contributed by atoms with Crippen molar-refractivity contribution in [2.45, 2.75) is 32.7 Å². The van der Waals surface area contributed by atoms with Gasteiger partial charge in [0.15, 0.2) is 0 Å². The highest BCUT2D eigenvalue weighted by molar-refractivity contribution is 5.94. The molecule has 0 atom stereocenters. The summed E-state index contributed by atoms with van der Waals surface area (Å²) >= 11 is 0. The van der Waals surface area contributed by atoms with E-state index in [1.807, 2.05) is 60.8 Å². The van der Waals surface area contributed by atoms with Gasteiger partial charge < -0.3 is 9.47 Å². The van der Waals surface area contributed by atoms with E-state index in [1.165, 1.54) is 23.3 Å². The first-order chi connectivity index (χ1) is 16.3. The van der Waals surface area contributed by atoms with Crippen LogP contribution in [0.3, 0.4) is 0 Å². The molecule has 0 N–H and O–H groups in total. The molecule has 0 aliphatic carbocycles. The minimum atomic E-state index is -4.44. The molecule has 1 aromatic heterocycles. The predicted molar refractivity (Wildman–Crippen MR) is 126 cm³/mol. The standard InChI is InChI=1S/C28H25F3N2O/c1-21-8-5-6-11-24(21)19-32-17-7-12-26(32)20-33(18-22-9-3-2-4-10-22)27(34)23-13-15-25(16-14-23)28(29,30)31/h2-17H,18-20H2,1H3. The molecule has 3 nitrogen and oxygen atoms in total. The number of hydrogen-bond donors (Lipinski definition) is 0. The van der Waals surface area contributed by atoms with Crippen LogP contribution in [0.5, 0.6) is 0 Å². The minimum absolute atomic E-state index is 0.223. The summed E-state index contributed by atoms with van der Waals surface area (Å²) < 4.78 is 41.0. The van der Waals surface area contributed by atoms with E-state index in [1.54, 1.807) is 4.90 Å². The summed E-state index contributed by atoms with van der Waals surface area (Å²) in [5, 5.41) is 0. The van der Waals surface area contributed by atoms with Crippen molar-refractivity contribution in [2.75, 3.05) is 0 Å². The lowest BCUT2D eigenvalue weighted by molar-refractivity contribution is -0.137. The normalized spacial score (nSPS) is 11.4. The Hall–Kier alpha value is -3.80. The SMILES string of the molecule is Cc1ccccc1Cn1cccc1CN(Cc1ccccc1)C(=O)c1ccc(C(F)(F)F)cc1. The Labute approximate surface area is 197 Å². The van der Waals surface area contributed by atoms with Crippen LogP contribution in [0.2, 0.25) is 0 Å². The number of amides is 1. The predicted octanol–water partition coefficient (Wildman–Crippen LogP) is 6.71. The van der Waals surface area contributed by atoms with Crippen molar-refractivity contribution in [3.05, 3.63) is 131 Å². The molecule has 34 heavy (non-hydrogen) atoms. The van der Waals surface area contributed by atoms with Gasteiger partial charge in [0.05, 0.1) is 12.1 Å². The second-order valence-corrected chi connectivity index (χ2v) is 8.28. The van der Waals surface area contributed by atoms with Crippen LogP contribution in [-0.2, 0) is 25.8 Å². The number of carbonyl (C=O) groups is 1. The summed E-state index contributed by atoms with van der Waals surface area (Å²) in [6.07, 6.45) is -2.47. The highest BCUT2D eigenvalue weighted by atomic mass is 19.4. The molecule has 1 heterocycles. The third-order valence-electron chi connectivity index (χ3n) is 5.84. The average molecular weight is 463 g/mol. The van der Waals surface area contributed by atoms with Gasteiger partial charge in [-0.05, 0) is 60.0 Å². The number of halogens is 3. The van der Waals surface area contributed by atoms with Crippen molar-refractivity contribution < 1.29 is 18.0 Å². The van der Waals surface area contributed by atoms with Crippen LogP contribution < -0.4 is 0 Å². The zero-order valence-corrected chi connectivity index (χ0v) is 18.8. The Balaban J connectivity index is 1.61. The Bertz CT molecular complexity index is 1240. The molecular weight excluding hydrogens is 437 g/mol. The van der Waals surface area contributed by atoms with E-state index in [0.717, 1.165) is 23.4 Å². The first-order valence-corrected chi connectivity index (χ1v) is 11.0. The van der Waals surface area contributed by atoms with Gasteiger partial charge in [0.2, 0.25) is 0 Å². The molecule has 3 aromatic carbocycles. The maximum Gasteiger partial charge on any atom is 0.416 e. The molecule has 0 saturated heterocycles. The third-order valence-corrected chi connectivity index (χ3v) is 5.84. The second kappa shape index (κ2) is 10.00. The Morgan fingerprint density at radius 2 is 1.50 bits per heavy atom. The Morgan fingerprint density at radius 3 is 2.18 bits per heavy atom. The quantitative estimate of drug-likeness (QED) is 0.300. The van der Waals surface area contributed by atoms with Gasteiger partial charge in [-0.1, -0.05) is 54.6 Å². The monoisotopic (exact) mass is 462 g/mol. The van der Waals surface area contributed by atoms with Gasteiger partial charge in [0.25, 0.3) is 5.91 Å². The summed E-state index contributed by atoms with van der Waals surface area (Å²) in [4.78, 5) is 15.1. The zero-order valence-electron chi connectivity index (χ0n) is 18.8. The first kappa shape index (κ1) is 23.4. The lowest BCUT2D eigenvalue weighted by Crippen LogP contribution is -2.31. The molecule has 6 heteroatoms. The van der Waals surface area contributed by atoms with Crippen LogP contribution in [-0.4, -0.2) is 15.4 Å². The fourth-order valence-electron chi connectivity index (χ4n) is 3.90. The summed E-state index contributed by atoms with van der Waals surface area (Å²) in [5.74, 6) is -0.318. The molecule has 0 aliphatic heterocycles. The van der Waals surface area contributed by atoms with E-state index in [9.17, 15) is 18.0 Å². The molecule has 0 radical (unpaired) electrons. The van der Waals surface area contributed by atoms with Gasteiger partial charge in [0, 0.05) is 30.5 Å². The van der Waals surface area contributed by atoms with E-state index in [2.05, 4.69) is 23.6 Å². The summed E-state index contributed by atoms with van der Waals surface area (Å²) in [6.45, 7) is 3.40. The van der Waals surface area contributed by atoms with Crippen molar-refractivity contribution in [3.8, 4) is 0 Å². The molecule has 174 valence electrons. The summed E-state index contributed by atoms with van der Waals surface area (Å²) in [7, 11) is 0. The van der Waals surface area contributed by atoms with E-state index < -0.39 is 11.7 Å². The molecule has 0 saturated carbocycles. The molecule has 0 bridgehead atoms. The topological polar surface area (TPSA) is 25.2 Å². The minimum Gasteiger partial charge on any atom is -0.345 e. The van der Waals surface area contributed by atoms with Crippen LogP contribution in [0.25, 0.3) is 0 Å². The lowest BCUT2D eigenvalue weighted by Gasteiger charge is -2.24. The van der Waals surface area contributed by atoms with Crippen LogP contribution in [0.1, 0.15) is 38.3 Å². The molecular formula is C28H25F3N2O. The van der Waals surface area contributed by atoms with Crippen LogP contribution >= 0.6 is 0 Å². The first-order valence-electron chi connectivity index (χ1n) is 11.0. The molecule has 0 fully saturated rings. The summed E-state index contributed by atoms with van der Waals surface area (Å²) in [5.41, 5.74) is 3.71. The fourth-order valence-corrected chi connectivity index (χ4v) is 3.90. The van der Waals surface area contributed by atoms with E-state index in [0.29, 0.717) is 19.6 Å². The van der Waals surface area contributed by atoms with Crippen LogP contribution in [0.15, 0.2) is 97.2 Å². The molecule has 1 amide bonds. The Morgan fingerprint density at radius 1 is 0.824 bits per heavy atom. The lowest BCUT2D eigenvalue weighted by atomic mass is 10.1. The second-order valence-electron chi connectivity index (χ2n) is 8.28. The highest BCUT2D eigenvalue weighted by Crippen LogP contribution is 2.29. The number of carbonyl (C=O) groups excluding carboxylic acids is 1. The number of rotatable bonds is 7.